The van der Waals surface area contributed by atoms with E-state index in [1.807, 2.05) is 0 Å². The summed E-state index contributed by atoms with van der Waals surface area (Å²) in [4.78, 5) is 2.72. The first kappa shape index (κ1) is 16.8. The number of piperidine rings is 1. The normalized spacial score (nSPS) is 31.9. The third-order valence-corrected chi connectivity index (χ3v) is 7.68. The molecule has 0 aromatic heterocycles. The Hall–Kier alpha value is -0.0400. The molecular formula is C21H39N. The second-order valence-corrected chi connectivity index (χ2v) is 9.87. The number of nitrogens with zero attached hydrogens (tertiary/aromatic N) is 1. The van der Waals surface area contributed by atoms with Crippen molar-refractivity contribution in [1.82, 2.24) is 4.90 Å². The van der Waals surface area contributed by atoms with E-state index >= 15 is 0 Å². The van der Waals surface area contributed by atoms with Crippen LogP contribution in [0.4, 0.5) is 0 Å². The Morgan fingerprint density at radius 1 is 0.955 bits per heavy atom. The number of likely N-dealkylation sites (tertiary alicyclic amines) is 1. The predicted molar refractivity (Wildman–Crippen MR) is 96.1 cm³/mol. The molecule has 1 heteroatoms. The molecule has 0 amide bonds. The first-order valence-electron chi connectivity index (χ1n) is 10.2. The van der Waals surface area contributed by atoms with Gasteiger partial charge in [0.1, 0.15) is 0 Å². The monoisotopic (exact) mass is 305 g/mol. The largest absolute Gasteiger partial charge is 0.298 e. The van der Waals surface area contributed by atoms with Gasteiger partial charge in [0.25, 0.3) is 0 Å². The molecule has 1 saturated heterocycles. The standard InChI is InChI=1S/C21H39N/c1-17(18-8-6-5-7-9-18)16-19-10-11-21(19)12-14-22(15-13-21)20(2,3)4/h17-19H,5-16H2,1-4H3. The van der Waals surface area contributed by atoms with E-state index in [9.17, 15) is 0 Å². The molecule has 0 radical (unpaired) electrons. The second-order valence-electron chi connectivity index (χ2n) is 9.87. The Balaban J connectivity index is 1.51. The van der Waals surface area contributed by atoms with Gasteiger partial charge in [-0.15, -0.1) is 0 Å². The maximum absolute atomic E-state index is 2.72. The zero-order valence-electron chi connectivity index (χ0n) is 15.7. The molecule has 0 aromatic carbocycles. The molecule has 1 heterocycles. The fraction of sp³-hybridized carbons (Fsp3) is 1.00. The third-order valence-electron chi connectivity index (χ3n) is 7.68. The fourth-order valence-corrected chi connectivity index (χ4v) is 5.75. The minimum atomic E-state index is 0.371. The van der Waals surface area contributed by atoms with E-state index in [0.29, 0.717) is 5.54 Å². The highest BCUT2D eigenvalue weighted by atomic mass is 15.2. The van der Waals surface area contributed by atoms with Gasteiger partial charge in [-0.2, -0.15) is 0 Å². The first-order valence-corrected chi connectivity index (χ1v) is 10.2. The summed E-state index contributed by atoms with van der Waals surface area (Å²) in [6.07, 6.45) is 15.1. The van der Waals surface area contributed by atoms with Gasteiger partial charge in [-0.25, -0.2) is 0 Å². The van der Waals surface area contributed by atoms with E-state index < -0.39 is 0 Å². The number of hydrogen-bond donors (Lipinski definition) is 0. The molecule has 128 valence electrons. The molecule has 2 atom stereocenters. The average Bonchev–Trinajstić information content (AvgIpc) is 2.51. The van der Waals surface area contributed by atoms with E-state index in [1.165, 1.54) is 70.9 Å². The number of rotatable bonds is 3. The quantitative estimate of drug-likeness (QED) is 0.629. The highest BCUT2D eigenvalue weighted by molar-refractivity contribution is 5.00. The van der Waals surface area contributed by atoms with Crippen LogP contribution in [0.25, 0.3) is 0 Å². The molecule has 2 unspecified atom stereocenters. The van der Waals surface area contributed by atoms with E-state index in [0.717, 1.165) is 23.2 Å². The molecular weight excluding hydrogens is 266 g/mol. The van der Waals surface area contributed by atoms with Crippen molar-refractivity contribution in [2.24, 2.45) is 23.2 Å². The summed E-state index contributed by atoms with van der Waals surface area (Å²) >= 11 is 0. The highest BCUT2D eigenvalue weighted by Crippen LogP contribution is 2.57. The topological polar surface area (TPSA) is 3.24 Å². The lowest BCUT2D eigenvalue weighted by molar-refractivity contribution is -0.0653. The molecule has 3 rings (SSSR count). The minimum Gasteiger partial charge on any atom is -0.298 e. The van der Waals surface area contributed by atoms with Crippen molar-refractivity contribution in [3.05, 3.63) is 0 Å². The minimum absolute atomic E-state index is 0.371. The van der Waals surface area contributed by atoms with Gasteiger partial charge in [0.15, 0.2) is 0 Å². The third kappa shape index (κ3) is 3.40. The van der Waals surface area contributed by atoms with E-state index in [2.05, 4.69) is 32.6 Å². The van der Waals surface area contributed by atoms with Crippen LogP contribution in [0.5, 0.6) is 0 Å². The molecule has 0 bridgehead atoms. The highest BCUT2D eigenvalue weighted by Gasteiger charge is 2.49. The number of hydrogen-bond acceptors (Lipinski definition) is 1. The van der Waals surface area contributed by atoms with Crippen LogP contribution in [0.1, 0.15) is 91.9 Å². The molecule has 0 aromatic rings. The SMILES string of the molecule is CC(CC1CCC12CCN(C(C)(C)C)CC2)C1CCCCC1. The van der Waals surface area contributed by atoms with Crippen molar-refractivity contribution in [2.45, 2.75) is 97.4 Å². The van der Waals surface area contributed by atoms with Crippen LogP contribution in [0, 0.1) is 23.2 Å². The van der Waals surface area contributed by atoms with Crippen molar-refractivity contribution >= 4 is 0 Å². The van der Waals surface area contributed by atoms with Crippen molar-refractivity contribution in [3.63, 3.8) is 0 Å². The van der Waals surface area contributed by atoms with Gasteiger partial charge < -0.3 is 0 Å². The lowest BCUT2D eigenvalue weighted by atomic mass is 9.53. The van der Waals surface area contributed by atoms with Crippen molar-refractivity contribution in [1.29, 1.82) is 0 Å². The summed E-state index contributed by atoms with van der Waals surface area (Å²) in [6.45, 7) is 12.4. The van der Waals surface area contributed by atoms with Gasteiger partial charge in [0.2, 0.25) is 0 Å². The van der Waals surface area contributed by atoms with Gasteiger partial charge in [-0.05, 0) is 89.1 Å². The summed E-state index contributed by atoms with van der Waals surface area (Å²) in [5.74, 6) is 3.11. The van der Waals surface area contributed by atoms with Gasteiger partial charge in [-0.1, -0.05) is 39.0 Å². The first-order chi connectivity index (χ1) is 10.4. The van der Waals surface area contributed by atoms with E-state index in [1.54, 1.807) is 6.42 Å². The molecule has 0 N–H and O–H groups in total. The Bertz CT molecular complexity index is 353. The second kappa shape index (κ2) is 6.46. The summed E-state index contributed by atoms with van der Waals surface area (Å²) in [7, 11) is 0. The fourth-order valence-electron chi connectivity index (χ4n) is 5.75. The van der Waals surface area contributed by atoms with Crippen LogP contribution in [0.3, 0.4) is 0 Å². The predicted octanol–water partition coefficient (Wildman–Crippen LogP) is 5.88. The van der Waals surface area contributed by atoms with E-state index in [-0.39, 0.29) is 0 Å². The Kier molecular flexibility index (Phi) is 4.93. The lowest BCUT2D eigenvalue weighted by Crippen LogP contribution is -2.54. The molecule has 2 saturated carbocycles. The van der Waals surface area contributed by atoms with Crippen LogP contribution in [0.2, 0.25) is 0 Å². The van der Waals surface area contributed by atoms with Crippen LogP contribution >= 0.6 is 0 Å². The van der Waals surface area contributed by atoms with Crippen LogP contribution in [-0.2, 0) is 0 Å². The smallest absolute Gasteiger partial charge is 0.0125 e. The maximum atomic E-state index is 2.72. The van der Waals surface area contributed by atoms with Gasteiger partial charge in [0.05, 0.1) is 0 Å². The molecule has 3 fully saturated rings. The van der Waals surface area contributed by atoms with Crippen LogP contribution in [-0.4, -0.2) is 23.5 Å². The zero-order chi connectivity index (χ0) is 15.8. The Labute approximate surface area is 139 Å². The average molecular weight is 306 g/mol. The summed E-state index contributed by atoms with van der Waals surface area (Å²) in [5, 5.41) is 0. The molecule has 1 spiro atoms. The molecule has 2 aliphatic carbocycles. The van der Waals surface area contributed by atoms with Gasteiger partial charge >= 0.3 is 0 Å². The molecule has 1 nitrogen and oxygen atoms in total. The zero-order valence-corrected chi connectivity index (χ0v) is 15.7. The van der Waals surface area contributed by atoms with Crippen molar-refractivity contribution < 1.29 is 0 Å². The maximum Gasteiger partial charge on any atom is 0.0125 e. The Morgan fingerprint density at radius 3 is 2.09 bits per heavy atom. The molecule has 22 heavy (non-hydrogen) atoms. The summed E-state index contributed by atoms with van der Waals surface area (Å²) < 4.78 is 0. The van der Waals surface area contributed by atoms with Crippen molar-refractivity contribution in [2.75, 3.05) is 13.1 Å². The molecule has 3 aliphatic rings. The van der Waals surface area contributed by atoms with Crippen molar-refractivity contribution in [3.8, 4) is 0 Å². The van der Waals surface area contributed by atoms with E-state index in [4.69, 9.17) is 0 Å². The Morgan fingerprint density at radius 2 is 1.59 bits per heavy atom. The summed E-state index contributed by atoms with van der Waals surface area (Å²) in [5.41, 5.74) is 1.13. The lowest BCUT2D eigenvalue weighted by Gasteiger charge is -2.57. The summed E-state index contributed by atoms with van der Waals surface area (Å²) in [6, 6.07) is 0. The van der Waals surface area contributed by atoms with Crippen LogP contribution < -0.4 is 0 Å². The molecule has 1 aliphatic heterocycles. The van der Waals surface area contributed by atoms with Gasteiger partial charge in [0, 0.05) is 5.54 Å². The van der Waals surface area contributed by atoms with Crippen LogP contribution in [0.15, 0.2) is 0 Å². The van der Waals surface area contributed by atoms with Gasteiger partial charge in [-0.3, -0.25) is 4.90 Å².